The average Bonchev–Trinajstić information content (AvgIpc) is 2.89. The molecule has 0 spiro atoms. The molecule has 3 rings (SSSR count). The molecule has 0 aliphatic rings. The summed E-state index contributed by atoms with van der Waals surface area (Å²) in [7, 11) is 0. The lowest BCUT2D eigenvalue weighted by molar-refractivity contribution is -0.595. The van der Waals surface area contributed by atoms with E-state index in [-0.39, 0.29) is 11.9 Å². The van der Waals surface area contributed by atoms with Gasteiger partial charge in [-0.15, -0.1) is 0 Å². The molecule has 0 fully saturated rings. The Bertz CT molecular complexity index is 1260. The number of pyridine rings is 1. The molecule has 1 heterocycles. The highest BCUT2D eigenvalue weighted by Gasteiger charge is 2.12. The zero-order valence-corrected chi connectivity index (χ0v) is 20.2. The molecule has 6 nitrogen and oxygen atoms in total. The number of allylic oxidation sites excluding steroid dienone is 4. The fourth-order valence-electron chi connectivity index (χ4n) is 3.36. The Hall–Kier alpha value is -4.32. The highest BCUT2D eigenvalue weighted by molar-refractivity contribution is 5.92. The van der Waals surface area contributed by atoms with Gasteiger partial charge in [-0.25, -0.2) is 9.59 Å². The summed E-state index contributed by atoms with van der Waals surface area (Å²) in [6, 6.07) is 18.3. The van der Waals surface area contributed by atoms with Gasteiger partial charge in [-0.05, 0) is 62.2 Å². The molecule has 0 radical (unpaired) electrons. The van der Waals surface area contributed by atoms with Gasteiger partial charge in [0.05, 0.1) is 30.0 Å². The number of esters is 2. The minimum Gasteiger partial charge on any atom is -0.462 e. The minimum atomic E-state index is -0.361. The predicted molar refractivity (Wildman–Crippen MR) is 137 cm³/mol. The van der Waals surface area contributed by atoms with E-state index < -0.39 is 0 Å². The van der Waals surface area contributed by atoms with Gasteiger partial charge < -0.3 is 9.47 Å². The van der Waals surface area contributed by atoms with E-state index in [1.807, 2.05) is 72.4 Å². The fraction of sp³-hybridized carbons (Fsp3) is 0.172. The number of carbonyl (C=O) groups is 2. The number of aliphatic imine (C=N–C) groups is 1. The summed E-state index contributed by atoms with van der Waals surface area (Å²) in [5.41, 5.74) is 4.50. The molecule has 0 saturated carbocycles. The van der Waals surface area contributed by atoms with Crippen LogP contribution in [0.1, 0.15) is 47.1 Å². The number of nitrogens with zero attached hydrogens (tertiary/aromatic N) is 2. The van der Waals surface area contributed by atoms with Gasteiger partial charge >= 0.3 is 11.9 Å². The standard InChI is InChI=1S/C29H29N2O4/c1-4-9-22(14-17-30-26-12-7-10-24(20-26)28(32)34-5-2)23-15-18-31(19-16-23)27-13-8-11-25(21-27)29(33)35-6-3/h4,7-21H,5-6H2,1-3H3/q+1/b9-4-,22-14+,30-17?. The Labute approximate surface area is 205 Å². The van der Waals surface area contributed by atoms with Crippen molar-refractivity contribution in [2.45, 2.75) is 20.8 Å². The maximum absolute atomic E-state index is 12.0. The Morgan fingerprint density at radius 3 is 2.11 bits per heavy atom. The Morgan fingerprint density at radius 2 is 1.49 bits per heavy atom. The first-order chi connectivity index (χ1) is 17.0. The van der Waals surface area contributed by atoms with E-state index in [1.54, 1.807) is 50.4 Å². The van der Waals surface area contributed by atoms with Crippen LogP contribution in [0.5, 0.6) is 0 Å². The number of hydrogen-bond donors (Lipinski definition) is 0. The molecule has 0 saturated heterocycles. The Kier molecular flexibility index (Phi) is 9.25. The molecule has 0 unspecified atom stereocenters. The van der Waals surface area contributed by atoms with Crippen molar-refractivity contribution in [3.05, 3.63) is 108 Å². The summed E-state index contributed by atoms with van der Waals surface area (Å²) in [5, 5.41) is 0. The molecule has 0 atom stereocenters. The van der Waals surface area contributed by atoms with Crippen LogP contribution < -0.4 is 4.57 Å². The number of rotatable bonds is 9. The molecule has 1 aromatic heterocycles. The average molecular weight is 470 g/mol. The SMILES string of the molecule is C/C=C\C(=C/C=Nc1cccc(C(=O)OCC)c1)c1cc[n+](-c2cccc(C(=O)OCC)c2)cc1. The lowest BCUT2D eigenvalue weighted by atomic mass is 10.1. The number of carbonyl (C=O) groups excluding carboxylic acids is 2. The number of benzene rings is 2. The second-order valence-electron chi connectivity index (χ2n) is 7.44. The van der Waals surface area contributed by atoms with Crippen LogP contribution in [-0.2, 0) is 9.47 Å². The lowest BCUT2D eigenvalue weighted by Crippen LogP contribution is -2.29. The largest absolute Gasteiger partial charge is 0.462 e. The molecule has 0 bridgehead atoms. The van der Waals surface area contributed by atoms with E-state index in [2.05, 4.69) is 4.99 Å². The van der Waals surface area contributed by atoms with Crippen molar-refractivity contribution >= 4 is 29.4 Å². The van der Waals surface area contributed by atoms with Crippen molar-refractivity contribution in [2.24, 2.45) is 4.99 Å². The third-order valence-electron chi connectivity index (χ3n) is 5.00. The number of ether oxygens (including phenoxy) is 2. The monoisotopic (exact) mass is 469 g/mol. The first kappa shape index (κ1) is 25.3. The maximum atomic E-state index is 12.0. The summed E-state index contributed by atoms with van der Waals surface area (Å²) < 4.78 is 12.1. The third kappa shape index (κ3) is 7.08. The molecule has 0 N–H and O–H groups in total. The van der Waals surface area contributed by atoms with Gasteiger partial charge in [-0.1, -0.05) is 24.3 Å². The molecular weight excluding hydrogens is 440 g/mol. The molecule has 0 aliphatic heterocycles. The van der Waals surface area contributed by atoms with Crippen molar-refractivity contribution in [3.63, 3.8) is 0 Å². The van der Waals surface area contributed by atoms with Crippen LogP contribution in [0.4, 0.5) is 5.69 Å². The van der Waals surface area contributed by atoms with E-state index in [9.17, 15) is 9.59 Å². The molecule has 2 aromatic carbocycles. The summed E-state index contributed by atoms with van der Waals surface area (Å²) in [5.74, 6) is -0.697. The smallest absolute Gasteiger partial charge is 0.338 e. The zero-order valence-electron chi connectivity index (χ0n) is 20.2. The number of aromatic nitrogens is 1. The quantitative estimate of drug-likeness (QED) is 0.175. The molecule has 0 amide bonds. The highest BCUT2D eigenvalue weighted by Crippen LogP contribution is 2.17. The van der Waals surface area contributed by atoms with Gasteiger partial charge in [-0.3, -0.25) is 4.99 Å². The van der Waals surface area contributed by atoms with Crippen molar-refractivity contribution in [1.82, 2.24) is 0 Å². The highest BCUT2D eigenvalue weighted by atomic mass is 16.5. The van der Waals surface area contributed by atoms with Crippen LogP contribution in [-0.4, -0.2) is 31.4 Å². The fourth-order valence-corrected chi connectivity index (χ4v) is 3.36. The first-order valence-electron chi connectivity index (χ1n) is 11.5. The van der Waals surface area contributed by atoms with E-state index in [0.29, 0.717) is 30.0 Å². The molecule has 178 valence electrons. The van der Waals surface area contributed by atoms with E-state index in [0.717, 1.165) is 16.8 Å². The van der Waals surface area contributed by atoms with E-state index in [1.165, 1.54) is 0 Å². The summed E-state index contributed by atoms with van der Waals surface area (Å²) in [6.45, 7) is 6.19. The van der Waals surface area contributed by atoms with Crippen molar-refractivity contribution in [1.29, 1.82) is 0 Å². The second-order valence-corrected chi connectivity index (χ2v) is 7.44. The van der Waals surface area contributed by atoms with Crippen LogP contribution in [0.3, 0.4) is 0 Å². The third-order valence-corrected chi connectivity index (χ3v) is 5.00. The minimum absolute atomic E-state index is 0.329. The molecule has 3 aromatic rings. The van der Waals surface area contributed by atoms with Gasteiger partial charge in [0.15, 0.2) is 12.4 Å². The molecular formula is C29H29N2O4+. The van der Waals surface area contributed by atoms with Gasteiger partial charge in [0.2, 0.25) is 5.69 Å². The van der Waals surface area contributed by atoms with Gasteiger partial charge in [0.1, 0.15) is 0 Å². The summed E-state index contributed by atoms with van der Waals surface area (Å²) in [4.78, 5) is 28.5. The Balaban J connectivity index is 1.80. The van der Waals surface area contributed by atoms with Crippen LogP contribution in [0.2, 0.25) is 0 Å². The normalized spacial score (nSPS) is 11.7. The number of hydrogen-bond acceptors (Lipinski definition) is 5. The van der Waals surface area contributed by atoms with Crippen LogP contribution >= 0.6 is 0 Å². The van der Waals surface area contributed by atoms with E-state index >= 15 is 0 Å². The zero-order chi connectivity index (χ0) is 25.0. The predicted octanol–water partition coefficient (Wildman–Crippen LogP) is 5.68. The van der Waals surface area contributed by atoms with Crippen molar-refractivity contribution in [3.8, 4) is 5.69 Å². The Morgan fingerprint density at radius 1 is 0.857 bits per heavy atom. The lowest BCUT2D eigenvalue weighted by Gasteiger charge is -2.04. The van der Waals surface area contributed by atoms with Crippen LogP contribution in [0, 0.1) is 0 Å². The molecule has 35 heavy (non-hydrogen) atoms. The molecule has 6 heteroatoms. The van der Waals surface area contributed by atoms with Gasteiger partial charge in [-0.2, -0.15) is 4.57 Å². The van der Waals surface area contributed by atoms with Gasteiger partial charge in [0, 0.05) is 30.5 Å². The van der Waals surface area contributed by atoms with Crippen LogP contribution in [0.25, 0.3) is 11.3 Å². The van der Waals surface area contributed by atoms with Crippen LogP contribution in [0.15, 0.2) is 96.3 Å². The second kappa shape index (κ2) is 12.8. The topological polar surface area (TPSA) is 68.8 Å². The van der Waals surface area contributed by atoms with Gasteiger partial charge in [0.25, 0.3) is 0 Å². The molecule has 0 aliphatic carbocycles. The van der Waals surface area contributed by atoms with Crippen molar-refractivity contribution in [2.75, 3.05) is 13.2 Å². The maximum Gasteiger partial charge on any atom is 0.338 e. The van der Waals surface area contributed by atoms with Crippen molar-refractivity contribution < 1.29 is 23.6 Å². The van der Waals surface area contributed by atoms with E-state index in [4.69, 9.17) is 9.47 Å². The summed E-state index contributed by atoms with van der Waals surface area (Å²) in [6.07, 6.45) is 11.5. The first-order valence-corrected chi connectivity index (χ1v) is 11.5. The summed E-state index contributed by atoms with van der Waals surface area (Å²) >= 11 is 0.